The molecule has 0 amide bonds. The van der Waals surface area contributed by atoms with Crippen molar-refractivity contribution >= 4 is 10.0 Å². The van der Waals surface area contributed by atoms with Crippen LogP contribution in [0.5, 0.6) is 17.4 Å². The number of benzene rings is 2. The van der Waals surface area contributed by atoms with E-state index in [2.05, 4.69) is 9.82 Å². The molecule has 3 aromatic rings. The Morgan fingerprint density at radius 3 is 2.22 bits per heavy atom. The predicted molar refractivity (Wildman–Crippen MR) is 121 cm³/mol. The van der Waals surface area contributed by atoms with Gasteiger partial charge in [0.2, 0.25) is 15.9 Å². The van der Waals surface area contributed by atoms with E-state index in [4.69, 9.17) is 18.9 Å². The van der Waals surface area contributed by atoms with Crippen LogP contribution in [0.15, 0.2) is 54.6 Å². The maximum absolute atomic E-state index is 11.1. The summed E-state index contributed by atoms with van der Waals surface area (Å²) in [6.45, 7) is 1.29. The molecule has 0 aliphatic carbocycles. The lowest BCUT2D eigenvalue weighted by molar-refractivity contribution is 0.143. The molecule has 1 heterocycles. The molecule has 0 aliphatic rings. The van der Waals surface area contributed by atoms with Crippen molar-refractivity contribution in [2.45, 2.75) is 0 Å². The Hall–Kier alpha value is -3.08. The molecule has 3 rings (SSSR count). The standard InChI is InChI=1S/C22H27N3O6S/c1-28-14-15-31-22-16-21(25(24-22)18-6-10-19(29-2)11-7-18)17-4-8-20(9-5-17)30-13-12-23-32(3,26)27/h4-11,16,23H,12-15H2,1-3H3. The fourth-order valence-corrected chi connectivity index (χ4v) is 3.36. The van der Waals surface area contributed by atoms with E-state index in [1.54, 1.807) is 18.9 Å². The summed E-state index contributed by atoms with van der Waals surface area (Å²) in [5, 5.41) is 4.59. The van der Waals surface area contributed by atoms with Crippen molar-refractivity contribution in [3.05, 3.63) is 54.6 Å². The number of rotatable bonds is 12. The quantitative estimate of drug-likeness (QED) is 0.414. The van der Waals surface area contributed by atoms with Gasteiger partial charge in [-0.3, -0.25) is 0 Å². The molecule has 0 saturated carbocycles. The third-order valence-electron chi connectivity index (χ3n) is 4.43. The summed E-state index contributed by atoms with van der Waals surface area (Å²) in [6.07, 6.45) is 1.11. The van der Waals surface area contributed by atoms with Gasteiger partial charge in [0, 0.05) is 25.3 Å². The highest BCUT2D eigenvalue weighted by molar-refractivity contribution is 7.88. The van der Waals surface area contributed by atoms with Gasteiger partial charge >= 0.3 is 0 Å². The van der Waals surface area contributed by atoms with E-state index in [0.717, 1.165) is 29.0 Å². The highest BCUT2D eigenvalue weighted by atomic mass is 32.2. The van der Waals surface area contributed by atoms with Crippen molar-refractivity contribution in [2.75, 3.05) is 46.8 Å². The lowest BCUT2D eigenvalue weighted by Crippen LogP contribution is -2.26. The Bertz CT molecular complexity index is 1100. The van der Waals surface area contributed by atoms with Crippen molar-refractivity contribution in [1.29, 1.82) is 0 Å². The second-order valence-corrected chi connectivity index (χ2v) is 8.69. The summed E-state index contributed by atoms with van der Waals surface area (Å²) in [5.41, 5.74) is 2.61. The lowest BCUT2D eigenvalue weighted by atomic mass is 10.1. The van der Waals surface area contributed by atoms with Crippen LogP contribution in [-0.2, 0) is 14.8 Å². The molecule has 0 spiro atoms. The van der Waals surface area contributed by atoms with Gasteiger partial charge in [0.05, 0.1) is 31.4 Å². The minimum atomic E-state index is -3.23. The molecule has 32 heavy (non-hydrogen) atoms. The van der Waals surface area contributed by atoms with Gasteiger partial charge in [0.1, 0.15) is 24.7 Å². The van der Waals surface area contributed by atoms with Crippen LogP contribution in [0.3, 0.4) is 0 Å². The second-order valence-electron chi connectivity index (χ2n) is 6.86. The van der Waals surface area contributed by atoms with Crippen LogP contribution in [0.4, 0.5) is 0 Å². The normalized spacial score (nSPS) is 11.3. The molecular formula is C22H27N3O6S. The number of methoxy groups -OCH3 is 2. The third kappa shape index (κ3) is 6.71. The van der Waals surface area contributed by atoms with E-state index < -0.39 is 10.0 Å². The van der Waals surface area contributed by atoms with Gasteiger partial charge < -0.3 is 18.9 Å². The first-order valence-corrected chi connectivity index (χ1v) is 11.8. The van der Waals surface area contributed by atoms with Crippen molar-refractivity contribution in [1.82, 2.24) is 14.5 Å². The maximum atomic E-state index is 11.1. The number of nitrogens with zero attached hydrogens (tertiary/aromatic N) is 2. The first-order valence-electron chi connectivity index (χ1n) is 9.94. The van der Waals surface area contributed by atoms with Crippen LogP contribution in [0.2, 0.25) is 0 Å². The molecule has 1 aromatic heterocycles. The smallest absolute Gasteiger partial charge is 0.233 e. The first kappa shape index (κ1) is 23.6. The summed E-state index contributed by atoms with van der Waals surface area (Å²) < 4.78 is 48.0. The minimum Gasteiger partial charge on any atom is -0.497 e. The number of hydrogen-bond acceptors (Lipinski definition) is 7. The Morgan fingerprint density at radius 2 is 1.59 bits per heavy atom. The molecule has 0 fully saturated rings. The van der Waals surface area contributed by atoms with E-state index in [1.807, 2.05) is 54.6 Å². The number of nitrogens with one attached hydrogen (secondary N) is 1. The Kier molecular flexibility index (Phi) is 8.09. The van der Waals surface area contributed by atoms with Crippen molar-refractivity contribution in [3.63, 3.8) is 0 Å². The Labute approximate surface area is 187 Å². The number of aromatic nitrogens is 2. The summed E-state index contributed by atoms with van der Waals surface area (Å²) >= 11 is 0. The minimum absolute atomic E-state index is 0.201. The zero-order valence-electron chi connectivity index (χ0n) is 18.3. The van der Waals surface area contributed by atoms with Gasteiger partial charge in [0.15, 0.2) is 0 Å². The SMILES string of the molecule is COCCOc1cc(-c2ccc(OCCNS(C)(=O)=O)cc2)n(-c2ccc(OC)cc2)n1. The van der Waals surface area contributed by atoms with E-state index in [-0.39, 0.29) is 13.2 Å². The fraction of sp³-hybridized carbons (Fsp3) is 0.318. The molecule has 0 atom stereocenters. The Morgan fingerprint density at radius 1 is 0.906 bits per heavy atom. The van der Waals surface area contributed by atoms with Crippen molar-refractivity contribution in [3.8, 4) is 34.3 Å². The monoisotopic (exact) mass is 461 g/mol. The van der Waals surface area contributed by atoms with Gasteiger partial charge in [-0.2, -0.15) is 0 Å². The van der Waals surface area contributed by atoms with E-state index >= 15 is 0 Å². The van der Waals surface area contributed by atoms with Crippen LogP contribution >= 0.6 is 0 Å². The number of ether oxygens (including phenoxy) is 4. The topological polar surface area (TPSA) is 101 Å². The van der Waals surface area contributed by atoms with E-state index in [9.17, 15) is 8.42 Å². The molecule has 0 unspecified atom stereocenters. The Balaban J connectivity index is 1.79. The average molecular weight is 462 g/mol. The second kappa shape index (κ2) is 11.0. The van der Waals surface area contributed by atoms with Crippen LogP contribution in [0.1, 0.15) is 0 Å². The highest BCUT2D eigenvalue weighted by Gasteiger charge is 2.13. The van der Waals surface area contributed by atoms with Crippen LogP contribution in [0.25, 0.3) is 16.9 Å². The van der Waals surface area contributed by atoms with Crippen LogP contribution < -0.4 is 18.9 Å². The van der Waals surface area contributed by atoms with E-state index in [0.29, 0.717) is 24.8 Å². The van der Waals surface area contributed by atoms with Crippen LogP contribution in [0, 0.1) is 0 Å². The van der Waals surface area contributed by atoms with Gasteiger partial charge in [0.25, 0.3) is 0 Å². The largest absolute Gasteiger partial charge is 0.497 e. The molecule has 10 heteroatoms. The van der Waals surface area contributed by atoms with Crippen LogP contribution in [-0.4, -0.2) is 65.0 Å². The van der Waals surface area contributed by atoms with Crippen molar-refractivity contribution < 1.29 is 27.4 Å². The molecule has 2 aromatic carbocycles. The number of sulfonamides is 1. The summed E-state index contributed by atoms with van der Waals surface area (Å²) in [6, 6.07) is 16.9. The predicted octanol–water partition coefficient (Wildman–Crippen LogP) is 2.50. The molecule has 0 saturated heterocycles. The molecule has 0 radical (unpaired) electrons. The highest BCUT2D eigenvalue weighted by Crippen LogP contribution is 2.29. The van der Waals surface area contributed by atoms with Gasteiger partial charge in [-0.1, -0.05) is 0 Å². The molecule has 0 aliphatic heterocycles. The molecule has 1 N–H and O–H groups in total. The third-order valence-corrected chi connectivity index (χ3v) is 5.15. The first-order chi connectivity index (χ1) is 15.4. The number of hydrogen-bond donors (Lipinski definition) is 1. The lowest BCUT2D eigenvalue weighted by Gasteiger charge is -2.10. The average Bonchev–Trinajstić information content (AvgIpc) is 3.21. The van der Waals surface area contributed by atoms with Gasteiger partial charge in [-0.25, -0.2) is 17.8 Å². The van der Waals surface area contributed by atoms with Crippen molar-refractivity contribution in [2.24, 2.45) is 0 Å². The molecule has 0 bridgehead atoms. The van der Waals surface area contributed by atoms with Gasteiger partial charge in [-0.05, 0) is 48.5 Å². The summed E-state index contributed by atoms with van der Waals surface area (Å²) in [4.78, 5) is 0. The zero-order chi connectivity index (χ0) is 23.0. The zero-order valence-corrected chi connectivity index (χ0v) is 19.1. The maximum Gasteiger partial charge on any atom is 0.233 e. The summed E-state index contributed by atoms with van der Waals surface area (Å²) in [7, 11) is 0.00819. The van der Waals surface area contributed by atoms with Gasteiger partial charge in [-0.15, -0.1) is 5.10 Å². The molecular weight excluding hydrogens is 434 g/mol. The summed E-state index contributed by atoms with van der Waals surface area (Å²) in [5.74, 6) is 1.88. The van der Waals surface area contributed by atoms with E-state index in [1.165, 1.54) is 0 Å². The fourth-order valence-electron chi connectivity index (χ4n) is 2.90. The molecule has 9 nitrogen and oxygen atoms in total. The molecule has 172 valence electrons.